The van der Waals surface area contributed by atoms with Gasteiger partial charge in [0.1, 0.15) is 0 Å². The first-order chi connectivity index (χ1) is 14.4. The lowest BCUT2D eigenvalue weighted by Gasteiger charge is -2.34. The first-order valence-electron chi connectivity index (χ1n) is 11.2. The van der Waals surface area contributed by atoms with Crippen LogP contribution >= 0.6 is 24.0 Å². The molecule has 2 heterocycles. The van der Waals surface area contributed by atoms with Crippen molar-refractivity contribution in [3.8, 4) is 0 Å². The second kappa shape index (κ2) is 13.0. The Labute approximate surface area is 205 Å². The zero-order valence-electron chi connectivity index (χ0n) is 18.8. The molecule has 1 atom stereocenters. The van der Waals surface area contributed by atoms with Gasteiger partial charge >= 0.3 is 0 Å². The highest BCUT2D eigenvalue weighted by Crippen LogP contribution is 2.19. The molecule has 0 spiro atoms. The van der Waals surface area contributed by atoms with Crippen LogP contribution in [0.1, 0.15) is 38.2 Å². The van der Waals surface area contributed by atoms with Crippen molar-refractivity contribution in [1.29, 1.82) is 0 Å². The molecule has 3 rings (SSSR count). The molecule has 2 aliphatic rings. The normalized spacial score (nSPS) is 22.0. The molecule has 7 nitrogen and oxygen atoms in total. The van der Waals surface area contributed by atoms with E-state index >= 15 is 0 Å². The van der Waals surface area contributed by atoms with Crippen molar-refractivity contribution in [3.05, 3.63) is 35.9 Å². The molecule has 0 aromatic heterocycles. The lowest BCUT2D eigenvalue weighted by molar-refractivity contribution is 0.192. The number of likely N-dealkylation sites (tertiary alicyclic amines) is 1. The van der Waals surface area contributed by atoms with E-state index in [1.807, 2.05) is 0 Å². The minimum Gasteiger partial charge on any atom is -0.357 e. The third kappa shape index (κ3) is 8.86. The maximum atomic E-state index is 11.7. The molecule has 31 heavy (non-hydrogen) atoms. The van der Waals surface area contributed by atoms with Gasteiger partial charge in [-0.2, -0.15) is 0 Å². The van der Waals surface area contributed by atoms with Gasteiger partial charge in [0.2, 0.25) is 10.0 Å². The van der Waals surface area contributed by atoms with E-state index in [-0.39, 0.29) is 24.0 Å². The molecular formula is C22H38IN5O2S. The first-order valence-corrected chi connectivity index (χ1v) is 13.0. The number of halogens is 1. The molecule has 2 saturated heterocycles. The predicted molar refractivity (Wildman–Crippen MR) is 138 cm³/mol. The van der Waals surface area contributed by atoms with Crippen LogP contribution in [0, 0.1) is 5.92 Å². The maximum Gasteiger partial charge on any atom is 0.211 e. The van der Waals surface area contributed by atoms with Gasteiger partial charge in [0.25, 0.3) is 0 Å². The van der Waals surface area contributed by atoms with E-state index < -0.39 is 10.0 Å². The average Bonchev–Trinajstić information content (AvgIpc) is 2.73. The number of guanidine groups is 1. The second-order valence-electron chi connectivity index (χ2n) is 8.53. The standard InChI is InChI=1S/C22H37N5O2S.HI/c1-3-23-22(24-16-19-11-14-27(15-12-19)30(2,28)29)25-21-10-7-13-26(18-21)17-20-8-5-4-6-9-20;/h4-6,8-9,19,21H,3,7,10-18H2,1-2H3,(H2,23,24,25);1H. The quantitative estimate of drug-likeness (QED) is 0.303. The molecule has 0 radical (unpaired) electrons. The van der Waals surface area contributed by atoms with Crippen molar-refractivity contribution in [1.82, 2.24) is 19.8 Å². The van der Waals surface area contributed by atoms with Crippen LogP contribution in [0.25, 0.3) is 0 Å². The van der Waals surface area contributed by atoms with E-state index in [1.54, 1.807) is 4.31 Å². The SMILES string of the molecule is CCNC(=NCC1CCN(S(C)(=O)=O)CC1)NC1CCCN(Cc2ccccc2)C1.I. The molecule has 2 aliphatic heterocycles. The van der Waals surface area contributed by atoms with Gasteiger partial charge in [-0.1, -0.05) is 30.3 Å². The molecular weight excluding hydrogens is 525 g/mol. The maximum absolute atomic E-state index is 11.7. The molecule has 1 aromatic rings. The summed E-state index contributed by atoms with van der Waals surface area (Å²) in [5, 5.41) is 7.02. The topological polar surface area (TPSA) is 77.0 Å². The molecule has 0 bridgehead atoms. The van der Waals surface area contributed by atoms with Crippen molar-refractivity contribution in [2.24, 2.45) is 10.9 Å². The summed E-state index contributed by atoms with van der Waals surface area (Å²) < 4.78 is 24.9. The van der Waals surface area contributed by atoms with Gasteiger partial charge in [-0.15, -0.1) is 24.0 Å². The van der Waals surface area contributed by atoms with Gasteiger partial charge in [-0.3, -0.25) is 9.89 Å². The van der Waals surface area contributed by atoms with Gasteiger partial charge in [0.15, 0.2) is 5.96 Å². The summed E-state index contributed by atoms with van der Waals surface area (Å²) in [6, 6.07) is 11.0. The Kier molecular flexibility index (Phi) is 11.0. The predicted octanol–water partition coefficient (Wildman–Crippen LogP) is 2.50. The number of nitrogens with zero attached hydrogens (tertiary/aromatic N) is 3. The number of hydrogen-bond acceptors (Lipinski definition) is 4. The summed E-state index contributed by atoms with van der Waals surface area (Å²) in [5.41, 5.74) is 1.36. The van der Waals surface area contributed by atoms with E-state index in [9.17, 15) is 8.42 Å². The van der Waals surface area contributed by atoms with Crippen molar-refractivity contribution < 1.29 is 8.42 Å². The Balaban J connectivity index is 0.00000341. The highest BCUT2D eigenvalue weighted by Gasteiger charge is 2.25. The Hall–Kier alpha value is -0.910. The van der Waals surface area contributed by atoms with Crippen LogP contribution in [-0.4, -0.2) is 75.1 Å². The third-order valence-corrected chi connectivity index (χ3v) is 7.29. The fourth-order valence-corrected chi connectivity index (χ4v) is 5.19. The molecule has 176 valence electrons. The number of hydrogen-bond donors (Lipinski definition) is 2. The zero-order chi connectivity index (χ0) is 21.4. The molecule has 1 unspecified atom stereocenters. The van der Waals surface area contributed by atoms with Crippen LogP contribution in [-0.2, 0) is 16.6 Å². The van der Waals surface area contributed by atoms with E-state index in [1.165, 1.54) is 18.2 Å². The zero-order valence-corrected chi connectivity index (χ0v) is 21.9. The lowest BCUT2D eigenvalue weighted by Crippen LogP contribution is -2.51. The van der Waals surface area contributed by atoms with E-state index in [2.05, 4.69) is 52.8 Å². The van der Waals surface area contributed by atoms with Gasteiger partial charge in [0, 0.05) is 45.3 Å². The number of aliphatic imine (C=N–C) groups is 1. The largest absolute Gasteiger partial charge is 0.357 e. The summed E-state index contributed by atoms with van der Waals surface area (Å²) in [5.74, 6) is 1.33. The Morgan fingerprint density at radius 3 is 2.48 bits per heavy atom. The number of nitrogens with one attached hydrogen (secondary N) is 2. The van der Waals surface area contributed by atoms with Crippen LogP contribution in [0.4, 0.5) is 0 Å². The third-order valence-electron chi connectivity index (χ3n) is 5.99. The molecule has 1 aromatic carbocycles. The summed E-state index contributed by atoms with van der Waals surface area (Å²) in [6.07, 6.45) is 5.40. The average molecular weight is 564 g/mol. The van der Waals surface area contributed by atoms with Gasteiger partial charge in [-0.25, -0.2) is 12.7 Å². The highest BCUT2D eigenvalue weighted by molar-refractivity contribution is 14.0. The number of sulfonamides is 1. The fourth-order valence-electron chi connectivity index (χ4n) is 4.32. The van der Waals surface area contributed by atoms with Crippen molar-refractivity contribution in [2.75, 3.05) is 45.5 Å². The van der Waals surface area contributed by atoms with E-state index in [0.717, 1.165) is 57.9 Å². The van der Waals surface area contributed by atoms with E-state index in [4.69, 9.17) is 4.99 Å². The minimum atomic E-state index is -3.07. The van der Waals surface area contributed by atoms with Gasteiger partial charge in [-0.05, 0) is 50.6 Å². The monoisotopic (exact) mass is 563 g/mol. The first kappa shape index (κ1) is 26.3. The Bertz CT molecular complexity index is 782. The van der Waals surface area contributed by atoms with Crippen LogP contribution in [0.15, 0.2) is 35.3 Å². The summed E-state index contributed by atoms with van der Waals surface area (Å²) in [6.45, 7) is 8.04. The van der Waals surface area contributed by atoms with Gasteiger partial charge in [0.05, 0.1) is 6.26 Å². The minimum absolute atomic E-state index is 0. The molecule has 2 fully saturated rings. The molecule has 0 amide bonds. The Morgan fingerprint density at radius 2 is 1.84 bits per heavy atom. The van der Waals surface area contributed by atoms with Crippen molar-refractivity contribution in [3.63, 3.8) is 0 Å². The second-order valence-corrected chi connectivity index (χ2v) is 10.5. The molecule has 9 heteroatoms. The van der Waals surface area contributed by atoms with Crippen LogP contribution in [0.2, 0.25) is 0 Å². The van der Waals surface area contributed by atoms with Crippen molar-refractivity contribution in [2.45, 2.75) is 45.2 Å². The summed E-state index contributed by atoms with van der Waals surface area (Å²) in [7, 11) is -3.07. The smallest absolute Gasteiger partial charge is 0.211 e. The number of piperidine rings is 2. The summed E-state index contributed by atoms with van der Waals surface area (Å²) >= 11 is 0. The lowest BCUT2D eigenvalue weighted by atomic mass is 9.98. The van der Waals surface area contributed by atoms with Crippen LogP contribution < -0.4 is 10.6 Å². The van der Waals surface area contributed by atoms with Crippen LogP contribution in [0.3, 0.4) is 0 Å². The number of rotatable bonds is 7. The van der Waals surface area contributed by atoms with Gasteiger partial charge < -0.3 is 10.6 Å². The van der Waals surface area contributed by atoms with Crippen molar-refractivity contribution >= 4 is 40.0 Å². The molecule has 0 aliphatic carbocycles. The molecule has 2 N–H and O–H groups in total. The Morgan fingerprint density at radius 1 is 1.13 bits per heavy atom. The fraction of sp³-hybridized carbons (Fsp3) is 0.682. The number of benzene rings is 1. The summed E-state index contributed by atoms with van der Waals surface area (Å²) in [4.78, 5) is 7.35. The highest BCUT2D eigenvalue weighted by atomic mass is 127. The van der Waals surface area contributed by atoms with Crippen LogP contribution in [0.5, 0.6) is 0 Å². The molecule has 0 saturated carbocycles. The van der Waals surface area contributed by atoms with E-state index in [0.29, 0.717) is 25.0 Å².